The van der Waals surface area contributed by atoms with Crippen molar-refractivity contribution >= 4 is 40.0 Å². The molecule has 0 bridgehead atoms. The maximum absolute atomic E-state index is 14.6. The molecule has 1 N–H and O–H groups in total. The first-order valence-electron chi connectivity index (χ1n) is 11.1. The van der Waals surface area contributed by atoms with Crippen LogP contribution in [-0.2, 0) is 11.2 Å². The maximum Gasteiger partial charge on any atom is 0.309 e. The van der Waals surface area contributed by atoms with E-state index in [0.717, 1.165) is 35.1 Å². The van der Waals surface area contributed by atoms with Gasteiger partial charge in [0.2, 0.25) is 0 Å². The monoisotopic (exact) mass is 489 g/mol. The molecular formula is C24H28FN3O3S2. The average Bonchev–Trinajstić information content (AvgIpc) is 3.34. The molecule has 1 aliphatic rings. The number of likely N-dealkylation sites (tertiary alicyclic amines) is 1. The Morgan fingerprint density at radius 3 is 2.85 bits per heavy atom. The van der Waals surface area contributed by atoms with Crippen molar-refractivity contribution in [2.75, 3.05) is 32.5 Å². The molecule has 1 aliphatic heterocycles. The van der Waals surface area contributed by atoms with Crippen LogP contribution in [0, 0.1) is 11.2 Å². The second kappa shape index (κ2) is 10.8. The Morgan fingerprint density at radius 1 is 1.33 bits per heavy atom. The number of aryl methyl sites for hydroxylation is 1. The highest BCUT2D eigenvalue weighted by Crippen LogP contribution is 2.38. The normalized spacial score (nSPS) is 16.2. The van der Waals surface area contributed by atoms with E-state index in [0.29, 0.717) is 48.9 Å². The Labute approximate surface area is 201 Å². The van der Waals surface area contributed by atoms with Crippen molar-refractivity contribution in [1.82, 2.24) is 14.9 Å². The lowest BCUT2D eigenvalue weighted by Crippen LogP contribution is -2.45. The molecule has 176 valence electrons. The standard InChI is InChI=1S/C24H28FN3O3S2/c1-31-17-4-5-21-19(15-17)18(20(25)16-27-21)3-2-6-24(22(29)30)7-10-28(11-8-24)12-14-33-23-26-9-13-32-23/h4-5,9,13,15-16H,2-3,6-8,10-12,14H2,1H3,(H,29,30). The molecule has 1 fully saturated rings. The van der Waals surface area contributed by atoms with E-state index in [9.17, 15) is 14.3 Å². The van der Waals surface area contributed by atoms with Crippen LogP contribution in [0.25, 0.3) is 10.9 Å². The van der Waals surface area contributed by atoms with Gasteiger partial charge in [0.25, 0.3) is 0 Å². The van der Waals surface area contributed by atoms with Crippen LogP contribution in [0.5, 0.6) is 5.75 Å². The molecule has 1 aromatic carbocycles. The first kappa shape index (κ1) is 23.9. The first-order valence-corrected chi connectivity index (χ1v) is 13.0. The van der Waals surface area contributed by atoms with Crippen molar-refractivity contribution in [3.63, 3.8) is 0 Å². The van der Waals surface area contributed by atoms with E-state index in [1.807, 2.05) is 17.6 Å². The molecule has 4 rings (SSSR count). The lowest BCUT2D eigenvalue weighted by molar-refractivity contribution is -0.152. The number of thiazole rings is 1. The molecule has 33 heavy (non-hydrogen) atoms. The van der Waals surface area contributed by atoms with E-state index in [1.54, 1.807) is 42.3 Å². The summed E-state index contributed by atoms with van der Waals surface area (Å²) < 4.78 is 21.0. The van der Waals surface area contributed by atoms with Gasteiger partial charge in [-0.05, 0) is 69.0 Å². The van der Waals surface area contributed by atoms with Crippen LogP contribution in [0.1, 0.15) is 31.2 Å². The SMILES string of the molecule is COc1ccc2ncc(F)c(CCCC3(C(=O)O)CCN(CCSc4nccs4)CC3)c2c1. The van der Waals surface area contributed by atoms with Crippen LogP contribution in [0.3, 0.4) is 0 Å². The van der Waals surface area contributed by atoms with Gasteiger partial charge in [-0.2, -0.15) is 0 Å². The minimum absolute atomic E-state index is 0.354. The fourth-order valence-corrected chi connectivity index (χ4v) is 6.21. The van der Waals surface area contributed by atoms with Gasteiger partial charge in [0.15, 0.2) is 0 Å². The zero-order chi connectivity index (χ0) is 23.3. The molecule has 2 aromatic heterocycles. The smallest absolute Gasteiger partial charge is 0.309 e. The molecule has 0 unspecified atom stereocenters. The van der Waals surface area contributed by atoms with Gasteiger partial charge >= 0.3 is 5.97 Å². The third kappa shape index (κ3) is 5.65. The van der Waals surface area contributed by atoms with Gasteiger partial charge in [0.1, 0.15) is 15.9 Å². The van der Waals surface area contributed by atoms with Gasteiger partial charge in [-0.3, -0.25) is 9.78 Å². The number of rotatable bonds is 10. The van der Waals surface area contributed by atoms with Gasteiger partial charge in [-0.15, -0.1) is 11.3 Å². The van der Waals surface area contributed by atoms with E-state index < -0.39 is 11.4 Å². The largest absolute Gasteiger partial charge is 0.497 e. The molecule has 0 spiro atoms. The fraction of sp³-hybridized carbons (Fsp3) is 0.458. The van der Waals surface area contributed by atoms with Crippen LogP contribution >= 0.6 is 23.1 Å². The Morgan fingerprint density at radius 2 is 2.15 bits per heavy atom. The quantitative estimate of drug-likeness (QED) is 0.396. The highest BCUT2D eigenvalue weighted by molar-refractivity contribution is 8.01. The molecule has 0 aliphatic carbocycles. The molecule has 3 heterocycles. The van der Waals surface area contributed by atoms with Crippen molar-refractivity contribution in [2.45, 2.75) is 36.4 Å². The Kier molecular flexibility index (Phi) is 7.82. The maximum atomic E-state index is 14.6. The predicted octanol–water partition coefficient (Wildman–Crippen LogP) is 5.12. The number of carboxylic acid groups (broad SMARTS) is 1. The number of piperidine rings is 1. The predicted molar refractivity (Wildman–Crippen MR) is 130 cm³/mol. The van der Waals surface area contributed by atoms with E-state index in [4.69, 9.17) is 4.74 Å². The molecule has 1 saturated heterocycles. The molecule has 0 saturated carbocycles. The zero-order valence-corrected chi connectivity index (χ0v) is 20.3. The first-order chi connectivity index (χ1) is 16.0. The number of methoxy groups -OCH3 is 1. The fourth-order valence-electron chi connectivity index (χ4n) is 4.51. The molecule has 9 heteroatoms. The van der Waals surface area contributed by atoms with Gasteiger partial charge in [0.05, 0.1) is 24.2 Å². The second-order valence-electron chi connectivity index (χ2n) is 8.39. The third-order valence-electron chi connectivity index (χ3n) is 6.53. The van der Waals surface area contributed by atoms with Gasteiger partial charge in [0, 0.05) is 29.3 Å². The van der Waals surface area contributed by atoms with Crippen LogP contribution in [0.15, 0.2) is 40.3 Å². The number of aromatic nitrogens is 2. The highest BCUT2D eigenvalue weighted by atomic mass is 32.2. The number of halogens is 1. The number of carbonyl (C=O) groups is 1. The third-order valence-corrected chi connectivity index (χ3v) is 8.47. The molecule has 0 amide bonds. The summed E-state index contributed by atoms with van der Waals surface area (Å²) in [5, 5.41) is 12.7. The van der Waals surface area contributed by atoms with E-state index in [-0.39, 0.29) is 5.82 Å². The van der Waals surface area contributed by atoms with Crippen molar-refractivity contribution < 1.29 is 19.0 Å². The molecule has 3 aromatic rings. The summed E-state index contributed by atoms with van der Waals surface area (Å²) in [5.41, 5.74) is 0.552. The summed E-state index contributed by atoms with van der Waals surface area (Å²) in [6.07, 6.45) is 5.93. The number of hydrogen-bond donors (Lipinski definition) is 1. The van der Waals surface area contributed by atoms with Gasteiger partial charge in [-0.25, -0.2) is 9.37 Å². The van der Waals surface area contributed by atoms with Gasteiger partial charge < -0.3 is 14.7 Å². The van der Waals surface area contributed by atoms with Crippen LogP contribution in [-0.4, -0.2) is 58.4 Å². The van der Waals surface area contributed by atoms with Crippen molar-refractivity contribution in [1.29, 1.82) is 0 Å². The second-order valence-corrected chi connectivity index (χ2v) is 10.6. The number of fused-ring (bicyclic) bond motifs is 1. The van der Waals surface area contributed by atoms with Crippen molar-refractivity contribution in [2.24, 2.45) is 5.41 Å². The average molecular weight is 490 g/mol. The number of thioether (sulfide) groups is 1. The lowest BCUT2D eigenvalue weighted by Gasteiger charge is -2.39. The summed E-state index contributed by atoms with van der Waals surface area (Å²) in [6, 6.07) is 5.42. The number of ether oxygens (including phenoxy) is 1. The zero-order valence-electron chi connectivity index (χ0n) is 18.6. The lowest BCUT2D eigenvalue weighted by atomic mass is 9.74. The number of pyridine rings is 1. The van der Waals surface area contributed by atoms with E-state index in [1.165, 1.54) is 6.20 Å². The summed E-state index contributed by atoms with van der Waals surface area (Å²) in [7, 11) is 1.58. The minimum atomic E-state index is -0.740. The Balaban J connectivity index is 1.35. The highest BCUT2D eigenvalue weighted by Gasteiger charge is 2.40. The molecule has 0 radical (unpaired) electrons. The minimum Gasteiger partial charge on any atom is -0.497 e. The number of benzene rings is 1. The summed E-state index contributed by atoms with van der Waals surface area (Å²) in [4.78, 5) is 23.0. The number of carboxylic acids is 1. The summed E-state index contributed by atoms with van der Waals surface area (Å²) in [6.45, 7) is 2.47. The van der Waals surface area contributed by atoms with Crippen molar-refractivity contribution in [3.8, 4) is 5.75 Å². The molecule has 0 atom stereocenters. The number of hydrogen-bond acceptors (Lipinski definition) is 7. The Bertz CT molecular complexity index is 1090. The van der Waals surface area contributed by atoms with Crippen molar-refractivity contribution in [3.05, 3.63) is 47.4 Å². The van der Waals surface area contributed by atoms with E-state index >= 15 is 0 Å². The van der Waals surface area contributed by atoms with Crippen LogP contribution < -0.4 is 4.74 Å². The van der Waals surface area contributed by atoms with Crippen LogP contribution in [0.4, 0.5) is 4.39 Å². The molecule has 6 nitrogen and oxygen atoms in total. The summed E-state index contributed by atoms with van der Waals surface area (Å²) in [5.74, 6) is 0.512. The van der Waals surface area contributed by atoms with Gasteiger partial charge in [-0.1, -0.05) is 11.8 Å². The number of nitrogens with zero attached hydrogens (tertiary/aromatic N) is 3. The topological polar surface area (TPSA) is 75.6 Å². The number of aliphatic carboxylic acids is 1. The van der Waals surface area contributed by atoms with E-state index in [2.05, 4.69) is 14.9 Å². The Hall–Kier alpha value is -2.23. The van der Waals surface area contributed by atoms with Crippen LogP contribution in [0.2, 0.25) is 0 Å². The summed E-state index contributed by atoms with van der Waals surface area (Å²) >= 11 is 3.39. The molecular weight excluding hydrogens is 461 g/mol.